The van der Waals surface area contributed by atoms with E-state index in [9.17, 15) is 0 Å². The van der Waals surface area contributed by atoms with Gasteiger partial charge in [0.1, 0.15) is 0 Å². The third kappa shape index (κ3) is 0.838. The summed E-state index contributed by atoms with van der Waals surface area (Å²) in [6, 6.07) is 0. The maximum absolute atomic E-state index is 4.69. The zero-order valence-corrected chi connectivity index (χ0v) is 4.10. The van der Waals surface area contributed by atoms with Gasteiger partial charge in [-0.1, -0.05) is 0 Å². The number of nitrogens with one attached hydrogen (secondary N) is 1. The minimum atomic E-state index is 0.556. The normalized spacial score (nSPS) is 18.1. The SMILES string of the molecule is COC1=CCNO1. The largest absolute Gasteiger partial charge is 0.468 e. The van der Waals surface area contributed by atoms with Crippen LogP contribution in [0.2, 0.25) is 0 Å². The Morgan fingerprint density at radius 2 is 2.86 bits per heavy atom. The Morgan fingerprint density at radius 3 is 3.14 bits per heavy atom. The molecule has 0 unspecified atom stereocenters. The van der Waals surface area contributed by atoms with Crippen LogP contribution >= 0.6 is 0 Å². The van der Waals surface area contributed by atoms with Crippen molar-refractivity contribution in [3.8, 4) is 0 Å². The van der Waals surface area contributed by atoms with Crippen molar-refractivity contribution < 1.29 is 9.57 Å². The first-order valence-corrected chi connectivity index (χ1v) is 2.07. The maximum atomic E-state index is 4.69. The van der Waals surface area contributed by atoms with Crippen LogP contribution in [-0.2, 0) is 9.57 Å². The molecule has 0 aromatic carbocycles. The molecule has 1 rings (SSSR count). The van der Waals surface area contributed by atoms with E-state index in [1.54, 1.807) is 7.11 Å². The van der Waals surface area contributed by atoms with Gasteiger partial charge in [-0.2, -0.15) is 0 Å². The number of hydroxylamine groups is 1. The van der Waals surface area contributed by atoms with Gasteiger partial charge in [-0.05, 0) is 0 Å². The summed E-state index contributed by atoms with van der Waals surface area (Å²) in [6.45, 7) is 0.739. The van der Waals surface area contributed by atoms with Crippen molar-refractivity contribution in [2.75, 3.05) is 13.7 Å². The average molecular weight is 101 g/mol. The van der Waals surface area contributed by atoms with Gasteiger partial charge in [0.25, 0.3) is 5.95 Å². The van der Waals surface area contributed by atoms with Gasteiger partial charge >= 0.3 is 0 Å². The highest BCUT2D eigenvalue weighted by molar-refractivity contribution is 4.88. The average Bonchev–Trinajstić information content (AvgIpc) is 2.14. The monoisotopic (exact) mass is 101 g/mol. The van der Waals surface area contributed by atoms with Crippen molar-refractivity contribution in [2.24, 2.45) is 0 Å². The van der Waals surface area contributed by atoms with Gasteiger partial charge in [0.2, 0.25) is 0 Å². The second kappa shape index (κ2) is 1.84. The fourth-order valence-electron chi connectivity index (χ4n) is 0.404. The van der Waals surface area contributed by atoms with Crippen LogP contribution in [0.3, 0.4) is 0 Å². The topological polar surface area (TPSA) is 30.5 Å². The summed E-state index contributed by atoms with van der Waals surface area (Å²) in [5.74, 6) is 0.556. The standard InChI is InChI=1S/C4H7NO2/c1-6-4-2-3-5-7-4/h2,5H,3H2,1H3. The smallest absolute Gasteiger partial charge is 0.296 e. The first-order valence-electron chi connectivity index (χ1n) is 2.07. The van der Waals surface area contributed by atoms with Gasteiger partial charge in [-0.25, -0.2) is 0 Å². The third-order valence-corrected chi connectivity index (χ3v) is 0.726. The fourth-order valence-corrected chi connectivity index (χ4v) is 0.404. The lowest BCUT2D eigenvalue weighted by Crippen LogP contribution is -2.04. The summed E-state index contributed by atoms with van der Waals surface area (Å²) in [6.07, 6.45) is 1.82. The summed E-state index contributed by atoms with van der Waals surface area (Å²) >= 11 is 0. The molecule has 0 aromatic rings. The second-order valence-electron chi connectivity index (χ2n) is 1.18. The van der Waals surface area contributed by atoms with Crippen molar-refractivity contribution in [3.63, 3.8) is 0 Å². The molecule has 0 fully saturated rings. The first kappa shape index (κ1) is 4.46. The van der Waals surface area contributed by atoms with E-state index in [0.717, 1.165) is 6.54 Å². The minimum absolute atomic E-state index is 0.556. The summed E-state index contributed by atoms with van der Waals surface area (Å²) in [7, 11) is 1.57. The lowest BCUT2D eigenvalue weighted by Gasteiger charge is -1.96. The van der Waals surface area contributed by atoms with Gasteiger partial charge < -0.3 is 9.57 Å². The van der Waals surface area contributed by atoms with Gasteiger partial charge in [-0.3, -0.25) is 0 Å². The van der Waals surface area contributed by atoms with Crippen LogP contribution in [0.5, 0.6) is 0 Å². The zero-order valence-electron chi connectivity index (χ0n) is 4.10. The number of methoxy groups -OCH3 is 1. The molecule has 1 heterocycles. The molecule has 3 heteroatoms. The van der Waals surface area contributed by atoms with Crippen LogP contribution in [0, 0.1) is 0 Å². The van der Waals surface area contributed by atoms with Crippen molar-refractivity contribution in [1.82, 2.24) is 5.48 Å². The van der Waals surface area contributed by atoms with E-state index >= 15 is 0 Å². The molecule has 0 radical (unpaired) electrons. The summed E-state index contributed by atoms with van der Waals surface area (Å²) < 4.78 is 4.69. The summed E-state index contributed by atoms with van der Waals surface area (Å²) in [5, 5.41) is 0. The summed E-state index contributed by atoms with van der Waals surface area (Å²) in [4.78, 5) is 4.69. The van der Waals surface area contributed by atoms with Gasteiger partial charge in [0.05, 0.1) is 13.7 Å². The minimum Gasteiger partial charge on any atom is -0.468 e. The van der Waals surface area contributed by atoms with Crippen molar-refractivity contribution in [1.29, 1.82) is 0 Å². The van der Waals surface area contributed by atoms with Crippen LogP contribution in [0.25, 0.3) is 0 Å². The Labute approximate surface area is 41.9 Å². The van der Waals surface area contributed by atoms with Crippen LogP contribution in [0.15, 0.2) is 12.0 Å². The zero-order chi connectivity index (χ0) is 5.11. The quantitative estimate of drug-likeness (QED) is 0.504. The fraction of sp³-hybridized carbons (Fsp3) is 0.500. The molecule has 7 heavy (non-hydrogen) atoms. The molecule has 0 atom stereocenters. The third-order valence-electron chi connectivity index (χ3n) is 0.726. The number of rotatable bonds is 1. The van der Waals surface area contributed by atoms with E-state index in [-0.39, 0.29) is 0 Å². The molecule has 0 aliphatic carbocycles. The second-order valence-corrected chi connectivity index (χ2v) is 1.18. The van der Waals surface area contributed by atoms with Crippen LogP contribution < -0.4 is 5.48 Å². The Balaban J connectivity index is 2.36. The highest BCUT2D eigenvalue weighted by Gasteiger charge is 2.00. The molecule has 40 valence electrons. The highest BCUT2D eigenvalue weighted by atomic mass is 16.8. The van der Waals surface area contributed by atoms with Crippen molar-refractivity contribution in [3.05, 3.63) is 12.0 Å². The maximum Gasteiger partial charge on any atom is 0.296 e. The van der Waals surface area contributed by atoms with E-state index in [2.05, 4.69) is 10.2 Å². The van der Waals surface area contributed by atoms with Crippen LogP contribution in [0.4, 0.5) is 0 Å². The van der Waals surface area contributed by atoms with Crippen LogP contribution in [-0.4, -0.2) is 13.7 Å². The number of ether oxygens (including phenoxy) is 1. The van der Waals surface area contributed by atoms with Gasteiger partial charge in [0.15, 0.2) is 0 Å². The molecule has 1 aliphatic rings. The molecule has 0 spiro atoms. The summed E-state index contributed by atoms with van der Waals surface area (Å²) in [5.41, 5.74) is 2.61. The molecule has 0 bridgehead atoms. The molecule has 1 aliphatic heterocycles. The van der Waals surface area contributed by atoms with E-state index < -0.39 is 0 Å². The Bertz CT molecular complexity index is 89.7. The van der Waals surface area contributed by atoms with Gasteiger partial charge in [-0.15, -0.1) is 5.48 Å². The first-order chi connectivity index (χ1) is 3.43. The Hall–Kier alpha value is -0.700. The predicted molar refractivity (Wildman–Crippen MR) is 24.2 cm³/mol. The molecule has 0 saturated carbocycles. The van der Waals surface area contributed by atoms with E-state index in [1.807, 2.05) is 6.08 Å². The van der Waals surface area contributed by atoms with Crippen molar-refractivity contribution in [2.45, 2.75) is 0 Å². The van der Waals surface area contributed by atoms with Crippen LogP contribution in [0.1, 0.15) is 0 Å². The highest BCUT2D eigenvalue weighted by Crippen LogP contribution is 1.98. The molecular formula is C4H7NO2. The van der Waals surface area contributed by atoms with Gasteiger partial charge in [0, 0.05) is 6.08 Å². The van der Waals surface area contributed by atoms with Crippen molar-refractivity contribution >= 4 is 0 Å². The van der Waals surface area contributed by atoms with E-state index in [0.29, 0.717) is 5.95 Å². The van der Waals surface area contributed by atoms with E-state index in [4.69, 9.17) is 4.84 Å². The molecule has 0 amide bonds. The van der Waals surface area contributed by atoms with E-state index in [1.165, 1.54) is 0 Å². The molecule has 0 saturated heterocycles. The number of hydrogen-bond donors (Lipinski definition) is 1. The molecule has 3 nitrogen and oxygen atoms in total. The lowest BCUT2D eigenvalue weighted by atomic mass is 10.6. The molecule has 1 N–H and O–H groups in total. The lowest BCUT2D eigenvalue weighted by molar-refractivity contribution is 0.0271. The Morgan fingerprint density at radius 1 is 2.00 bits per heavy atom. The Kier molecular flexibility index (Phi) is 1.17. The predicted octanol–water partition coefficient (Wildman–Crippen LogP) is 0.00900. The number of hydrogen-bond acceptors (Lipinski definition) is 3. The molecule has 0 aromatic heterocycles. The molecular weight excluding hydrogens is 94.0 g/mol.